The zero-order valence-electron chi connectivity index (χ0n) is 19.8. The second-order valence-electron chi connectivity index (χ2n) is 9.75. The molecule has 3 heterocycles. The summed E-state index contributed by atoms with van der Waals surface area (Å²) in [4.78, 5) is 47.3. The minimum absolute atomic E-state index is 0.173. The number of likely N-dealkylation sites (tertiary alicyclic amines) is 1. The van der Waals surface area contributed by atoms with Crippen molar-refractivity contribution in [2.45, 2.75) is 18.4 Å². The lowest BCUT2D eigenvalue weighted by Gasteiger charge is -2.43. The first kappa shape index (κ1) is 21.8. The number of rotatable bonds is 4. The Morgan fingerprint density at radius 1 is 0.771 bits per heavy atom. The molecule has 7 heteroatoms. The van der Waals surface area contributed by atoms with Gasteiger partial charge in [0.05, 0.1) is 6.67 Å². The van der Waals surface area contributed by atoms with Crippen LogP contribution in [0.15, 0.2) is 66.7 Å². The van der Waals surface area contributed by atoms with E-state index in [1.165, 1.54) is 4.90 Å². The minimum atomic E-state index is -0.530. The summed E-state index contributed by atoms with van der Waals surface area (Å²) in [6, 6.07) is 21.3. The van der Waals surface area contributed by atoms with Crippen molar-refractivity contribution >= 4 is 34.2 Å². The Morgan fingerprint density at radius 2 is 1.40 bits per heavy atom. The first-order valence-electron chi connectivity index (χ1n) is 12.2. The Balaban J connectivity index is 1.16. The van der Waals surface area contributed by atoms with E-state index in [2.05, 4.69) is 21.9 Å². The maximum Gasteiger partial charge on any atom is 0.261 e. The van der Waals surface area contributed by atoms with Crippen LogP contribution in [0.3, 0.4) is 0 Å². The molecule has 0 N–H and O–H groups in total. The second kappa shape index (κ2) is 8.20. The van der Waals surface area contributed by atoms with Gasteiger partial charge >= 0.3 is 0 Å². The maximum absolute atomic E-state index is 13.2. The number of carbonyl (C=O) groups is 3. The molecule has 3 amide bonds. The molecular weight excluding hydrogens is 440 g/mol. The number of piperidine rings is 1. The highest BCUT2D eigenvalue weighted by atomic mass is 16.2. The van der Waals surface area contributed by atoms with Gasteiger partial charge in [0.15, 0.2) is 0 Å². The summed E-state index contributed by atoms with van der Waals surface area (Å²) in [5.74, 6) is -0.279. The van der Waals surface area contributed by atoms with Gasteiger partial charge in [0, 0.05) is 55.4 Å². The lowest BCUT2D eigenvalue weighted by molar-refractivity contribution is -0.132. The molecule has 0 bridgehead atoms. The van der Waals surface area contributed by atoms with Gasteiger partial charge in [0.1, 0.15) is 5.54 Å². The summed E-state index contributed by atoms with van der Waals surface area (Å²) >= 11 is 0. The fourth-order valence-electron chi connectivity index (χ4n) is 5.97. The molecule has 0 radical (unpaired) electrons. The lowest BCUT2D eigenvalue weighted by atomic mass is 9.85. The van der Waals surface area contributed by atoms with E-state index in [0.717, 1.165) is 42.4 Å². The van der Waals surface area contributed by atoms with Gasteiger partial charge in [-0.1, -0.05) is 42.5 Å². The number of nitrogens with zero attached hydrogens (tertiary/aromatic N) is 4. The Hall–Kier alpha value is -3.71. The van der Waals surface area contributed by atoms with Crippen LogP contribution in [0.4, 0.5) is 5.69 Å². The molecule has 3 aliphatic heterocycles. The third-order valence-corrected chi connectivity index (χ3v) is 7.86. The van der Waals surface area contributed by atoms with Crippen LogP contribution in [0.5, 0.6) is 0 Å². The minimum Gasteiger partial charge on any atom is -0.339 e. The van der Waals surface area contributed by atoms with Crippen molar-refractivity contribution in [1.29, 1.82) is 0 Å². The summed E-state index contributed by atoms with van der Waals surface area (Å²) in [5.41, 5.74) is 1.72. The number of likely N-dealkylation sites (N-methyl/N-ethyl adjacent to an activating group) is 1. The molecule has 2 saturated heterocycles. The second-order valence-corrected chi connectivity index (χ2v) is 9.75. The summed E-state index contributed by atoms with van der Waals surface area (Å²) in [5, 5.41) is 1.67. The topological polar surface area (TPSA) is 64.2 Å². The average Bonchev–Trinajstić information content (AvgIpc) is 3.13. The van der Waals surface area contributed by atoms with E-state index in [1.807, 2.05) is 54.4 Å². The predicted molar refractivity (Wildman–Crippen MR) is 134 cm³/mol. The molecule has 0 aromatic heterocycles. The van der Waals surface area contributed by atoms with E-state index >= 15 is 0 Å². The summed E-state index contributed by atoms with van der Waals surface area (Å²) in [7, 11) is 1.87. The Morgan fingerprint density at radius 3 is 2.03 bits per heavy atom. The molecule has 3 aromatic carbocycles. The lowest BCUT2D eigenvalue weighted by Crippen LogP contribution is -2.57. The van der Waals surface area contributed by atoms with E-state index < -0.39 is 5.54 Å². The zero-order valence-corrected chi connectivity index (χ0v) is 19.8. The monoisotopic (exact) mass is 468 g/mol. The highest BCUT2D eigenvalue weighted by Crippen LogP contribution is 2.39. The van der Waals surface area contributed by atoms with E-state index in [1.54, 1.807) is 12.1 Å². The normalized spacial score (nSPS) is 19.9. The molecule has 1 spiro atoms. The fourth-order valence-corrected chi connectivity index (χ4v) is 5.97. The van der Waals surface area contributed by atoms with Crippen LogP contribution in [0.2, 0.25) is 0 Å². The first-order valence-corrected chi connectivity index (χ1v) is 12.2. The molecule has 0 saturated carbocycles. The molecule has 0 atom stereocenters. The molecule has 0 aliphatic carbocycles. The summed E-state index contributed by atoms with van der Waals surface area (Å²) in [6.07, 6.45) is 1.43. The van der Waals surface area contributed by atoms with Crippen LogP contribution in [-0.4, -0.2) is 77.9 Å². The van der Waals surface area contributed by atoms with Crippen LogP contribution in [0, 0.1) is 0 Å². The number of para-hydroxylation sites is 1. The first-order chi connectivity index (χ1) is 17.0. The highest BCUT2D eigenvalue weighted by molar-refractivity contribution is 6.25. The van der Waals surface area contributed by atoms with Gasteiger partial charge in [-0.2, -0.15) is 0 Å². The van der Waals surface area contributed by atoms with Gasteiger partial charge in [-0.25, -0.2) is 0 Å². The van der Waals surface area contributed by atoms with Crippen molar-refractivity contribution in [1.82, 2.24) is 14.7 Å². The quantitative estimate of drug-likeness (QED) is 0.551. The van der Waals surface area contributed by atoms with Crippen LogP contribution in [-0.2, 0) is 4.79 Å². The summed E-state index contributed by atoms with van der Waals surface area (Å²) < 4.78 is 0. The average molecular weight is 469 g/mol. The SMILES string of the molecule is CN1CN(c2ccccc2)C2(CCN(CCN3C(=O)c4cccc5cccc(c45)C3=O)CC2)C1=O. The summed E-state index contributed by atoms with van der Waals surface area (Å²) in [6.45, 7) is 3.01. The number of hydrogen-bond acceptors (Lipinski definition) is 5. The van der Waals surface area contributed by atoms with Crippen molar-refractivity contribution in [2.75, 3.05) is 44.8 Å². The number of hydrogen-bond donors (Lipinski definition) is 0. The highest BCUT2D eigenvalue weighted by Gasteiger charge is 2.52. The van der Waals surface area contributed by atoms with Crippen LogP contribution in [0.1, 0.15) is 33.6 Å². The number of amides is 3. The van der Waals surface area contributed by atoms with Crippen molar-refractivity contribution in [2.24, 2.45) is 0 Å². The largest absolute Gasteiger partial charge is 0.339 e. The molecule has 178 valence electrons. The fraction of sp³-hybridized carbons (Fsp3) is 0.321. The molecule has 6 rings (SSSR count). The Bertz CT molecular complexity index is 1280. The van der Waals surface area contributed by atoms with Crippen LogP contribution >= 0.6 is 0 Å². The molecular formula is C28H28N4O3. The van der Waals surface area contributed by atoms with E-state index in [4.69, 9.17) is 0 Å². The van der Waals surface area contributed by atoms with Gasteiger partial charge in [0.2, 0.25) is 5.91 Å². The molecule has 7 nitrogen and oxygen atoms in total. The number of benzene rings is 3. The third kappa shape index (κ3) is 3.33. The van der Waals surface area contributed by atoms with Crippen molar-refractivity contribution in [3.8, 4) is 0 Å². The zero-order chi connectivity index (χ0) is 24.2. The standard InChI is InChI=1S/C28H28N4O3/c1-29-19-32(21-9-3-2-4-10-21)28(27(29)35)13-15-30(16-14-28)17-18-31-25(33)22-11-5-7-20-8-6-12-23(24(20)22)26(31)34/h2-12H,13-19H2,1H3. The van der Waals surface area contributed by atoms with Crippen LogP contribution in [0.25, 0.3) is 10.8 Å². The molecule has 0 unspecified atom stereocenters. The Kier molecular flexibility index (Phi) is 5.11. The molecule has 3 aromatic rings. The maximum atomic E-state index is 13.2. The van der Waals surface area contributed by atoms with Gasteiger partial charge in [0.25, 0.3) is 11.8 Å². The van der Waals surface area contributed by atoms with E-state index in [-0.39, 0.29) is 17.7 Å². The molecule has 2 fully saturated rings. The number of carbonyl (C=O) groups excluding carboxylic acids is 3. The van der Waals surface area contributed by atoms with Crippen molar-refractivity contribution < 1.29 is 14.4 Å². The van der Waals surface area contributed by atoms with Crippen LogP contribution < -0.4 is 4.90 Å². The number of anilines is 1. The number of imide groups is 1. The van der Waals surface area contributed by atoms with E-state index in [9.17, 15) is 14.4 Å². The predicted octanol–water partition coefficient (Wildman–Crippen LogP) is 3.21. The Labute approximate surface area is 204 Å². The molecule has 35 heavy (non-hydrogen) atoms. The van der Waals surface area contributed by atoms with Crippen molar-refractivity contribution in [3.05, 3.63) is 77.9 Å². The smallest absolute Gasteiger partial charge is 0.261 e. The van der Waals surface area contributed by atoms with E-state index in [0.29, 0.717) is 30.9 Å². The van der Waals surface area contributed by atoms with Gasteiger partial charge in [-0.3, -0.25) is 19.3 Å². The van der Waals surface area contributed by atoms with Gasteiger partial charge in [-0.15, -0.1) is 0 Å². The third-order valence-electron chi connectivity index (χ3n) is 7.86. The van der Waals surface area contributed by atoms with Gasteiger partial charge < -0.3 is 14.7 Å². The van der Waals surface area contributed by atoms with Crippen molar-refractivity contribution in [3.63, 3.8) is 0 Å². The molecule has 3 aliphatic rings. The van der Waals surface area contributed by atoms with Gasteiger partial charge in [-0.05, 0) is 42.5 Å².